The highest BCUT2D eigenvalue weighted by Crippen LogP contribution is 2.61. The second kappa shape index (κ2) is 8.20. The average Bonchev–Trinajstić information content (AvgIpc) is 2.80. The van der Waals surface area contributed by atoms with Crippen LogP contribution in [-0.2, 0) is 27.8 Å². The number of likely N-dealkylation sites (N-methyl/N-ethyl adjacent to an activating group) is 1. The van der Waals surface area contributed by atoms with E-state index in [4.69, 9.17) is 9.47 Å². The number of aryl methyl sites for hydroxylation is 1. The number of Topliss-reactive ketones (excluding diaryl/α,β-unsaturated/α-hetero) is 1. The molecular formula is C27H33NO4. The third kappa shape index (κ3) is 3.17. The van der Waals surface area contributed by atoms with E-state index in [0.717, 1.165) is 43.4 Å². The second-order valence-corrected chi connectivity index (χ2v) is 9.73. The van der Waals surface area contributed by atoms with Crippen LogP contribution >= 0.6 is 0 Å². The van der Waals surface area contributed by atoms with Crippen LogP contribution in [0.15, 0.2) is 42.5 Å². The van der Waals surface area contributed by atoms with Crippen LogP contribution in [0.25, 0.3) is 0 Å². The zero-order valence-electron chi connectivity index (χ0n) is 19.1. The first kappa shape index (κ1) is 21.5. The van der Waals surface area contributed by atoms with Gasteiger partial charge in [-0.1, -0.05) is 36.4 Å². The van der Waals surface area contributed by atoms with Crippen LogP contribution in [0.2, 0.25) is 0 Å². The lowest BCUT2D eigenvalue weighted by Gasteiger charge is -2.64. The van der Waals surface area contributed by atoms with Gasteiger partial charge in [0.25, 0.3) is 0 Å². The summed E-state index contributed by atoms with van der Waals surface area (Å²) in [5, 5.41) is 11.3. The Morgan fingerprint density at radius 2 is 1.97 bits per heavy atom. The number of methoxy groups -OCH3 is 1. The van der Waals surface area contributed by atoms with E-state index in [1.54, 1.807) is 7.11 Å². The number of likely N-dealkylation sites (tertiary alicyclic amines) is 1. The van der Waals surface area contributed by atoms with Gasteiger partial charge in [0, 0.05) is 36.5 Å². The fourth-order valence-corrected chi connectivity index (χ4v) is 6.72. The highest BCUT2D eigenvalue weighted by molar-refractivity contribution is 5.83. The van der Waals surface area contributed by atoms with E-state index >= 15 is 0 Å². The van der Waals surface area contributed by atoms with Crippen LogP contribution in [0, 0.1) is 0 Å². The third-order valence-corrected chi connectivity index (χ3v) is 8.20. The van der Waals surface area contributed by atoms with Crippen molar-refractivity contribution in [2.24, 2.45) is 0 Å². The molecular weight excluding hydrogens is 402 g/mol. The summed E-state index contributed by atoms with van der Waals surface area (Å²) in [6.07, 6.45) is 5.22. The van der Waals surface area contributed by atoms with E-state index in [1.165, 1.54) is 5.56 Å². The molecule has 5 heteroatoms. The molecule has 0 amide bonds. The van der Waals surface area contributed by atoms with Crippen molar-refractivity contribution in [1.29, 1.82) is 0 Å². The molecule has 2 aliphatic carbocycles. The van der Waals surface area contributed by atoms with Gasteiger partial charge >= 0.3 is 0 Å². The van der Waals surface area contributed by atoms with Gasteiger partial charge < -0.3 is 19.5 Å². The molecule has 0 aromatic heterocycles. The van der Waals surface area contributed by atoms with Crippen LogP contribution in [0.4, 0.5) is 0 Å². The van der Waals surface area contributed by atoms with E-state index in [-0.39, 0.29) is 17.6 Å². The predicted octanol–water partition coefficient (Wildman–Crippen LogP) is 4.04. The van der Waals surface area contributed by atoms with Crippen molar-refractivity contribution in [2.75, 3.05) is 27.3 Å². The highest BCUT2D eigenvalue weighted by atomic mass is 16.5. The quantitative estimate of drug-likeness (QED) is 0.694. The number of phenolic OH excluding ortho intramolecular Hbond substituents is 1. The fourth-order valence-electron chi connectivity index (χ4n) is 6.72. The highest BCUT2D eigenvalue weighted by Gasteiger charge is 2.66. The van der Waals surface area contributed by atoms with E-state index < -0.39 is 11.0 Å². The number of phenols is 1. The van der Waals surface area contributed by atoms with Crippen LogP contribution < -0.4 is 4.74 Å². The first-order valence-electron chi connectivity index (χ1n) is 11.8. The normalized spacial score (nSPS) is 29.3. The van der Waals surface area contributed by atoms with Gasteiger partial charge in [-0.3, -0.25) is 4.79 Å². The number of aromatic hydroxyl groups is 1. The minimum absolute atomic E-state index is 0.194. The Balaban J connectivity index is 1.53. The molecule has 170 valence electrons. The summed E-state index contributed by atoms with van der Waals surface area (Å²) in [4.78, 5) is 15.3. The molecule has 2 bridgehead atoms. The van der Waals surface area contributed by atoms with Gasteiger partial charge in [0.1, 0.15) is 5.78 Å². The van der Waals surface area contributed by atoms with Gasteiger partial charge in [-0.25, -0.2) is 0 Å². The molecule has 32 heavy (non-hydrogen) atoms. The maximum atomic E-state index is 12.8. The molecule has 3 atom stereocenters. The number of carbonyl (C=O) groups excluding carboxylic acids is 1. The Kier molecular flexibility index (Phi) is 5.50. The molecule has 1 heterocycles. The first-order valence-corrected chi connectivity index (χ1v) is 11.8. The number of carbonyl (C=O) groups is 1. The van der Waals surface area contributed by atoms with Gasteiger partial charge in [0.2, 0.25) is 0 Å². The third-order valence-electron chi connectivity index (χ3n) is 8.20. The standard InChI is InChI=1S/C27H33NO4/c1-28-15-14-26-18-21(29)12-13-27(26,32-16-6-9-19-7-4-3-5-8-19)23(28)17-20-10-11-22(31-2)25(30)24(20)26/h3-5,7-8,10-11,23,30H,6,9,12-18H2,1-2H3/t23-,26-,27?/m1/s1. The number of ketones is 1. The van der Waals surface area contributed by atoms with E-state index in [1.807, 2.05) is 12.1 Å². The molecule has 5 rings (SSSR count). The lowest BCUT2D eigenvalue weighted by molar-refractivity contribution is -0.197. The number of benzene rings is 2. The summed E-state index contributed by atoms with van der Waals surface area (Å²) < 4.78 is 12.4. The van der Waals surface area contributed by atoms with E-state index in [9.17, 15) is 9.90 Å². The fraction of sp³-hybridized carbons (Fsp3) is 0.519. The summed E-state index contributed by atoms with van der Waals surface area (Å²) in [6, 6.07) is 14.6. The molecule has 0 radical (unpaired) electrons. The molecule has 3 aliphatic rings. The van der Waals surface area contributed by atoms with Gasteiger partial charge in [-0.15, -0.1) is 0 Å². The molecule has 1 N–H and O–H groups in total. The molecule has 1 unspecified atom stereocenters. The van der Waals surface area contributed by atoms with Gasteiger partial charge in [-0.2, -0.15) is 0 Å². The Bertz CT molecular complexity index is 1010. The smallest absolute Gasteiger partial charge is 0.161 e. The second-order valence-electron chi connectivity index (χ2n) is 9.73. The minimum Gasteiger partial charge on any atom is -0.504 e. The summed E-state index contributed by atoms with van der Waals surface area (Å²) >= 11 is 0. The minimum atomic E-state index is -0.502. The lowest BCUT2D eigenvalue weighted by Crippen LogP contribution is -2.73. The lowest BCUT2D eigenvalue weighted by atomic mass is 9.49. The van der Waals surface area contributed by atoms with Crippen molar-refractivity contribution in [3.63, 3.8) is 0 Å². The molecule has 1 aliphatic heterocycles. The number of hydrogen-bond donors (Lipinski definition) is 1. The van der Waals surface area contributed by atoms with Crippen molar-refractivity contribution >= 4 is 5.78 Å². The SMILES string of the molecule is COc1ccc2c(c1O)[C@]13CCN(C)[C@H](C2)C1(OCCCc1ccccc1)CCC(=O)C3. The number of fused-ring (bicyclic) bond motifs is 1. The topological polar surface area (TPSA) is 59.0 Å². The molecule has 2 aromatic carbocycles. The van der Waals surface area contributed by atoms with Crippen molar-refractivity contribution in [3.05, 3.63) is 59.2 Å². The van der Waals surface area contributed by atoms with Gasteiger partial charge in [0.15, 0.2) is 11.5 Å². The molecule has 5 nitrogen and oxygen atoms in total. The summed E-state index contributed by atoms with van der Waals surface area (Å²) in [5.41, 5.74) is 2.37. The number of nitrogens with zero attached hydrogens (tertiary/aromatic N) is 1. The van der Waals surface area contributed by atoms with Crippen molar-refractivity contribution in [1.82, 2.24) is 4.90 Å². The number of ether oxygens (including phenoxy) is 2. The van der Waals surface area contributed by atoms with Crippen LogP contribution in [-0.4, -0.2) is 54.7 Å². The van der Waals surface area contributed by atoms with Crippen molar-refractivity contribution in [2.45, 2.75) is 62.0 Å². The van der Waals surface area contributed by atoms with Gasteiger partial charge in [-0.05, 0) is 62.9 Å². The maximum absolute atomic E-state index is 12.8. The monoisotopic (exact) mass is 435 g/mol. The Hall–Kier alpha value is -2.37. The molecule has 2 fully saturated rings. The van der Waals surface area contributed by atoms with Crippen molar-refractivity contribution in [3.8, 4) is 11.5 Å². The van der Waals surface area contributed by atoms with Gasteiger partial charge in [0.05, 0.1) is 12.7 Å². The maximum Gasteiger partial charge on any atom is 0.161 e. The molecule has 1 saturated heterocycles. The largest absolute Gasteiger partial charge is 0.504 e. The summed E-state index contributed by atoms with van der Waals surface area (Å²) in [5.74, 6) is 0.943. The van der Waals surface area contributed by atoms with Crippen LogP contribution in [0.3, 0.4) is 0 Å². The average molecular weight is 436 g/mol. The first-order chi connectivity index (χ1) is 15.5. The Labute approximate surface area is 190 Å². The zero-order chi connectivity index (χ0) is 22.3. The Morgan fingerprint density at radius 1 is 1.16 bits per heavy atom. The summed E-state index contributed by atoms with van der Waals surface area (Å²) in [6.45, 7) is 1.54. The Morgan fingerprint density at radius 3 is 2.75 bits per heavy atom. The molecule has 2 aromatic rings. The van der Waals surface area contributed by atoms with Crippen LogP contribution in [0.5, 0.6) is 11.5 Å². The number of hydrogen-bond acceptors (Lipinski definition) is 5. The zero-order valence-corrected chi connectivity index (χ0v) is 19.1. The van der Waals surface area contributed by atoms with E-state index in [0.29, 0.717) is 31.6 Å². The molecule has 1 saturated carbocycles. The number of piperidine rings is 1. The summed E-state index contributed by atoms with van der Waals surface area (Å²) in [7, 11) is 3.76. The predicted molar refractivity (Wildman–Crippen MR) is 123 cm³/mol. The van der Waals surface area contributed by atoms with E-state index in [2.05, 4.69) is 42.3 Å². The molecule has 0 spiro atoms. The van der Waals surface area contributed by atoms with Crippen LogP contribution in [0.1, 0.15) is 48.8 Å². The number of rotatable bonds is 6. The van der Waals surface area contributed by atoms with Crippen molar-refractivity contribution < 1.29 is 19.4 Å².